The van der Waals surface area contributed by atoms with Gasteiger partial charge in [0.15, 0.2) is 0 Å². The first-order chi connectivity index (χ1) is 9.58. The summed E-state index contributed by atoms with van der Waals surface area (Å²) >= 11 is 0. The Morgan fingerprint density at radius 2 is 1.85 bits per heavy atom. The molecule has 5 heteroatoms. The summed E-state index contributed by atoms with van der Waals surface area (Å²) in [4.78, 5) is 26.0. The van der Waals surface area contributed by atoms with Crippen LogP contribution in [0.15, 0.2) is 0 Å². The van der Waals surface area contributed by atoms with Gasteiger partial charge in [-0.05, 0) is 32.2 Å². The second-order valence-electron chi connectivity index (χ2n) is 6.27. The van der Waals surface area contributed by atoms with Crippen LogP contribution in [-0.4, -0.2) is 48.4 Å². The molecule has 2 N–H and O–H groups in total. The molecule has 0 aromatic carbocycles. The van der Waals surface area contributed by atoms with Crippen molar-refractivity contribution in [1.82, 2.24) is 15.5 Å². The van der Waals surface area contributed by atoms with Gasteiger partial charge in [-0.2, -0.15) is 0 Å². The van der Waals surface area contributed by atoms with Crippen LogP contribution in [0.2, 0.25) is 0 Å². The van der Waals surface area contributed by atoms with E-state index in [1.807, 2.05) is 18.7 Å². The van der Waals surface area contributed by atoms with Crippen molar-refractivity contribution >= 4 is 11.8 Å². The van der Waals surface area contributed by atoms with Crippen molar-refractivity contribution < 1.29 is 9.59 Å². The normalized spacial score (nSPS) is 24.8. The first-order valence-electron chi connectivity index (χ1n) is 7.90. The fraction of sp³-hybridized carbons (Fsp3) is 0.867. The van der Waals surface area contributed by atoms with Crippen LogP contribution in [0.1, 0.15) is 46.0 Å². The van der Waals surface area contributed by atoms with Crippen molar-refractivity contribution in [3.8, 4) is 0 Å². The molecule has 0 unspecified atom stereocenters. The second kappa shape index (κ2) is 7.07. The van der Waals surface area contributed by atoms with E-state index in [9.17, 15) is 9.59 Å². The average molecular weight is 281 g/mol. The summed E-state index contributed by atoms with van der Waals surface area (Å²) in [5.74, 6) is 0.392. The van der Waals surface area contributed by atoms with Gasteiger partial charge in [-0.15, -0.1) is 0 Å². The molecule has 0 bridgehead atoms. The lowest BCUT2D eigenvalue weighted by Gasteiger charge is -2.35. The lowest BCUT2D eigenvalue weighted by molar-refractivity contribution is -0.135. The Morgan fingerprint density at radius 1 is 1.15 bits per heavy atom. The van der Waals surface area contributed by atoms with Crippen molar-refractivity contribution in [3.63, 3.8) is 0 Å². The van der Waals surface area contributed by atoms with Crippen molar-refractivity contribution in [2.45, 2.75) is 58.0 Å². The Balaban J connectivity index is 1.76. The minimum absolute atomic E-state index is 0.0190. The number of likely N-dealkylation sites (tertiary alicyclic amines) is 1. The highest BCUT2D eigenvalue weighted by molar-refractivity contribution is 5.82. The Bertz CT molecular complexity index is 343. The molecular weight excluding hydrogens is 254 g/mol. The molecule has 0 radical (unpaired) electrons. The lowest BCUT2D eigenvalue weighted by Crippen LogP contribution is -2.53. The Kier molecular flexibility index (Phi) is 5.40. The molecular formula is C15H27N3O2. The molecule has 0 aliphatic carbocycles. The average Bonchev–Trinajstić information content (AvgIpc) is 2.48. The predicted octanol–water partition coefficient (Wildman–Crippen LogP) is 0.892. The van der Waals surface area contributed by atoms with Crippen LogP contribution in [0.3, 0.4) is 0 Å². The third kappa shape index (κ3) is 3.95. The van der Waals surface area contributed by atoms with Gasteiger partial charge in [0.2, 0.25) is 11.8 Å². The summed E-state index contributed by atoms with van der Waals surface area (Å²) in [6.07, 6.45) is 5.02. The van der Waals surface area contributed by atoms with E-state index >= 15 is 0 Å². The summed E-state index contributed by atoms with van der Waals surface area (Å²) in [5.41, 5.74) is 0. The van der Waals surface area contributed by atoms with Crippen molar-refractivity contribution in [1.29, 1.82) is 0 Å². The van der Waals surface area contributed by atoms with Gasteiger partial charge in [0.1, 0.15) is 0 Å². The van der Waals surface area contributed by atoms with Crippen LogP contribution in [0.5, 0.6) is 0 Å². The molecule has 20 heavy (non-hydrogen) atoms. The maximum absolute atomic E-state index is 12.4. The van der Waals surface area contributed by atoms with E-state index in [0.29, 0.717) is 0 Å². The zero-order valence-corrected chi connectivity index (χ0v) is 12.7. The summed E-state index contributed by atoms with van der Waals surface area (Å²) in [6.45, 7) is 6.29. The number of hydrogen-bond acceptors (Lipinski definition) is 3. The number of hydrogen-bond donors (Lipinski definition) is 2. The smallest absolute Gasteiger partial charge is 0.239 e. The van der Waals surface area contributed by atoms with E-state index in [-0.39, 0.29) is 29.8 Å². The minimum Gasteiger partial charge on any atom is -0.353 e. The molecule has 2 heterocycles. The highest BCUT2D eigenvalue weighted by Crippen LogP contribution is 2.15. The zero-order chi connectivity index (χ0) is 14.5. The molecule has 114 valence electrons. The molecule has 2 saturated heterocycles. The first kappa shape index (κ1) is 15.3. The summed E-state index contributed by atoms with van der Waals surface area (Å²) in [5, 5.41) is 6.38. The van der Waals surface area contributed by atoms with E-state index < -0.39 is 0 Å². The number of carbonyl (C=O) groups is 2. The molecule has 2 rings (SSSR count). The number of nitrogens with one attached hydrogen (secondary N) is 2. The molecule has 0 spiro atoms. The number of carbonyl (C=O) groups excluding carboxylic acids is 2. The standard InChI is InChI=1S/C15H27N3O2/c1-11(2)14(19)17-12-6-9-18(10-7-12)15(20)13-5-3-4-8-16-13/h11-13,16H,3-10H2,1-2H3,(H,17,19)/t13-/m1/s1. The van der Waals surface area contributed by atoms with E-state index in [1.54, 1.807) is 0 Å². The highest BCUT2D eigenvalue weighted by atomic mass is 16.2. The number of amides is 2. The number of rotatable bonds is 3. The SMILES string of the molecule is CC(C)C(=O)NC1CCN(C(=O)[C@H]2CCCCN2)CC1. The van der Waals surface area contributed by atoms with Crippen LogP contribution in [0.25, 0.3) is 0 Å². The van der Waals surface area contributed by atoms with Crippen molar-refractivity contribution in [2.24, 2.45) is 5.92 Å². The molecule has 2 fully saturated rings. The maximum Gasteiger partial charge on any atom is 0.239 e. The molecule has 1 atom stereocenters. The van der Waals surface area contributed by atoms with Crippen LogP contribution < -0.4 is 10.6 Å². The fourth-order valence-corrected chi connectivity index (χ4v) is 2.90. The van der Waals surface area contributed by atoms with Gasteiger partial charge >= 0.3 is 0 Å². The summed E-state index contributed by atoms with van der Waals surface area (Å²) in [7, 11) is 0. The van der Waals surface area contributed by atoms with Gasteiger partial charge < -0.3 is 15.5 Å². The van der Waals surface area contributed by atoms with Gasteiger partial charge in [0.25, 0.3) is 0 Å². The summed E-state index contributed by atoms with van der Waals surface area (Å²) in [6, 6.07) is 0.249. The Morgan fingerprint density at radius 3 is 2.40 bits per heavy atom. The molecule has 5 nitrogen and oxygen atoms in total. The van der Waals surface area contributed by atoms with Crippen molar-refractivity contribution in [3.05, 3.63) is 0 Å². The van der Waals surface area contributed by atoms with Crippen LogP contribution in [0.4, 0.5) is 0 Å². The van der Waals surface area contributed by atoms with Gasteiger partial charge in [-0.1, -0.05) is 20.3 Å². The van der Waals surface area contributed by atoms with E-state index in [1.165, 1.54) is 6.42 Å². The highest BCUT2D eigenvalue weighted by Gasteiger charge is 2.29. The molecule has 0 aromatic rings. The quantitative estimate of drug-likeness (QED) is 0.808. The van der Waals surface area contributed by atoms with Gasteiger partial charge in [0, 0.05) is 25.0 Å². The van der Waals surface area contributed by atoms with Crippen LogP contribution in [0, 0.1) is 5.92 Å². The Labute approximate surface area is 121 Å². The minimum atomic E-state index is 0.0190. The number of piperidine rings is 2. The lowest BCUT2D eigenvalue weighted by atomic mass is 10.00. The largest absolute Gasteiger partial charge is 0.353 e. The van der Waals surface area contributed by atoms with Crippen molar-refractivity contribution in [2.75, 3.05) is 19.6 Å². The zero-order valence-electron chi connectivity index (χ0n) is 12.7. The first-order valence-corrected chi connectivity index (χ1v) is 7.90. The Hall–Kier alpha value is -1.10. The molecule has 2 amide bonds. The van der Waals surface area contributed by atoms with Crippen LogP contribution >= 0.6 is 0 Å². The van der Waals surface area contributed by atoms with Crippen LogP contribution in [-0.2, 0) is 9.59 Å². The molecule has 2 aliphatic heterocycles. The predicted molar refractivity (Wildman–Crippen MR) is 78.2 cm³/mol. The van der Waals surface area contributed by atoms with Gasteiger partial charge in [-0.3, -0.25) is 9.59 Å². The molecule has 0 aromatic heterocycles. The van der Waals surface area contributed by atoms with E-state index in [0.717, 1.165) is 45.3 Å². The monoisotopic (exact) mass is 281 g/mol. The van der Waals surface area contributed by atoms with E-state index in [2.05, 4.69) is 10.6 Å². The number of nitrogens with zero attached hydrogens (tertiary/aromatic N) is 1. The van der Waals surface area contributed by atoms with Gasteiger partial charge in [0.05, 0.1) is 6.04 Å². The molecule has 0 saturated carbocycles. The fourth-order valence-electron chi connectivity index (χ4n) is 2.90. The van der Waals surface area contributed by atoms with E-state index in [4.69, 9.17) is 0 Å². The summed E-state index contributed by atoms with van der Waals surface area (Å²) < 4.78 is 0. The third-order valence-corrected chi connectivity index (χ3v) is 4.29. The van der Waals surface area contributed by atoms with Gasteiger partial charge in [-0.25, -0.2) is 0 Å². The second-order valence-corrected chi connectivity index (χ2v) is 6.27. The topological polar surface area (TPSA) is 61.4 Å². The maximum atomic E-state index is 12.4. The third-order valence-electron chi connectivity index (χ3n) is 4.29. The molecule has 2 aliphatic rings.